The van der Waals surface area contributed by atoms with Crippen LogP contribution in [0.1, 0.15) is 22.9 Å². The van der Waals surface area contributed by atoms with Crippen molar-refractivity contribution in [1.82, 2.24) is 9.97 Å². The maximum Gasteiger partial charge on any atom is 0.127 e. The smallest absolute Gasteiger partial charge is 0.127 e. The van der Waals surface area contributed by atoms with E-state index in [1.165, 1.54) is 11.1 Å². The summed E-state index contributed by atoms with van der Waals surface area (Å²) in [6, 6.07) is 26.7. The lowest BCUT2D eigenvalue weighted by atomic mass is 10.0. The molecule has 3 nitrogen and oxygen atoms in total. The number of hydrogen-bond acceptors (Lipinski definition) is 3. The van der Waals surface area contributed by atoms with Gasteiger partial charge in [-0.15, -0.1) is 0 Å². The van der Waals surface area contributed by atoms with E-state index >= 15 is 0 Å². The zero-order valence-electron chi connectivity index (χ0n) is 14.1. The second-order valence-electron chi connectivity index (χ2n) is 6.14. The van der Waals surface area contributed by atoms with E-state index in [1.54, 1.807) is 0 Å². The number of benzene rings is 2. The number of aryl methyl sites for hydroxylation is 1. The Morgan fingerprint density at radius 1 is 0.840 bits per heavy atom. The number of nitrogens with one attached hydrogen (secondary N) is 1. The first kappa shape index (κ1) is 15.3. The summed E-state index contributed by atoms with van der Waals surface area (Å²) in [6.07, 6.45) is 1.83. The normalized spacial score (nSPS) is 12.0. The molecule has 0 amide bonds. The summed E-state index contributed by atoms with van der Waals surface area (Å²) >= 11 is 0. The Morgan fingerprint density at radius 3 is 2.56 bits per heavy atom. The van der Waals surface area contributed by atoms with Gasteiger partial charge in [-0.2, -0.15) is 0 Å². The van der Waals surface area contributed by atoms with Gasteiger partial charge in [0.05, 0.1) is 17.3 Å². The zero-order chi connectivity index (χ0) is 17.1. The van der Waals surface area contributed by atoms with E-state index in [9.17, 15) is 0 Å². The molecular formula is C22H19N3. The van der Waals surface area contributed by atoms with Crippen LogP contribution < -0.4 is 5.32 Å². The van der Waals surface area contributed by atoms with Crippen LogP contribution in [0.15, 0.2) is 85.1 Å². The van der Waals surface area contributed by atoms with E-state index in [1.807, 2.05) is 48.7 Å². The number of fused-ring (bicyclic) bond motifs is 1. The van der Waals surface area contributed by atoms with Gasteiger partial charge in [-0.25, -0.2) is 4.98 Å². The SMILES string of the molecule is Cc1cccc(C(Nc2ccc3ccccc3n2)c2ccccn2)c1. The Morgan fingerprint density at radius 2 is 1.72 bits per heavy atom. The van der Waals surface area contributed by atoms with E-state index < -0.39 is 0 Å². The molecule has 0 spiro atoms. The van der Waals surface area contributed by atoms with Crippen LogP contribution in [0.2, 0.25) is 0 Å². The summed E-state index contributed by atoms with van der Waals surface area (Å²) < 4.78 is 0. The van der Waals surface area contributed by atoms with Crippen LogP contribution in [0.3, 0.4) is 0 Å². The predicted octanol–water partition coefficient (Wildman–Crippen LogP) is 5.14. The molecule has 4 rings (SSSR count). The van der Waals surface area contributed by atoms with Gasteiger partial charge in [0.1, 0.15) is 5.82 Å². The first-order chi connectivity index (χ1) is 12.3. The summed E-state index contributed by atoms with van der Waals surface area (Å²) in [5.74, 6) is 0.843. The first-order valence-electron chi connectivity index (χ1n) is 8.39. The molecule has 0 aliphatic heterocycles. The fraction of sp³-hybridized carbons (Fsp3) is 0.0909. The molecule has 0 bridgehead atoms. The molecule has 4 aromatic rings. The topological polar surface area (TPSA) is 37.8 Å². The van der Waals surface area contributed by atoms with Crippen molar-refractivity contribution in [3.05, 3.63) is 102 Å². The van der Waals surface area contributed by atoms with Gasteiger partial charge in [-0.3, -0.25) is 4.98 Å². The molecule has 1 atom stereocenters. The fourth-order valence-electron chi connectivity index (χ4n) is 3.02. The minimum absolute atomic E-state index is 0.0465. The summed E-state index contributed by atoms with van der Waals surface area (Å²) in [5.41, 5.74) is 4.36. The second kappa shape index (κ2) is 6.73. The number of aromatic nitrogens is 2. The number of rotatable bonds is 4. The van der Waals surface area contributed by atoms with Crippen molar-refractivity contribution >= 4 is 16.7 Å². The summed E-state index contributed by atoms with van der Waals surface area (Å²) in [4.78, 5) is 9.30. The zero-order valence-corrected chi connectivity index (χ0v) is 14.1. The van der Waals surface area contributed by atoms with Gasteiger partial charge in [-0.05, 0) is 42.8 Å². The van der Waals surface area contributed by atoms with Gasteiger partial charge in [-0.1, -0.05) is 54.1 Å². The maximum atomic E-state index is 4.75. The summed E-state index contributed by atoms with van der Waals surface area (Å²) in [7, 11) is 0. The number of pyridine rings is 2. The Balaban J connectivity index is 1.75. The highest BCUT2D eigenvalue weighted by Crippen LogP contribution is 2.26. The minimum Gasteiger partial charge on any atom is -0.358 e. The second-order valence-corrected chi connectivity index (χ2v) is 6.14. The molecule has 0 aliphatic carbocycles. The van der Waals surface area contributed by atoms with Crippen LogP contribution in [0, 0.1) is 6.92 Å². The van der Waals surface area contributed by atoms with Gasteiger partial charge in [0.2, 0.25) is 0 Å². The van der Waals surface area contributed by atoms with Gasteiger partial charge in [0, 0.05) is 11.6 Å². The van der Waals surface area contributed by atoms with E-state index in [-0.39, 0.29) is 6.04 Å². The van der Waals surface area contributed by atoms with Crippen molar-refractivity contribution in [3.8, 4) is 0 Å². The Kier molecular flexibility index (Phi) is 4.13. The highest BCUT2D eigenvalue weighted by molar-refractivity contribution is 5.80. The highest BCUT2D eigenvalue weighted by atomic mass is 15.0. The van der Waals surface area contributed by atoms with Crippen molar-refractivity contribution in [1.29, 1.82) is 0 Å². The van der Waals surface area contributed by atoms with E-state index in [0.717, 1.165) is 22.4 Å². The van der Waals surface area contributed by atoms with Crippen molar-refractivity contribution < 1.29 is 0 Å². The molecule has 122 valence electrons. The number of anilines is 1. The highest BCUT2D eigenvalue weighted by Gasteiger charge is 2.16. The average Bonchev–Trinajstić information content (AvgIpc) is 2.66. The molecule has 3 heteroatoms. The van der Waals surface area contributed by atoms with Crippen LogP contribution in [-0.4, -0.2) is 9.97 Å². The van der Waals surface area contributed by atoms with Crippen molar-refractivity contribution in [2.24, 2.45) is 0 Å². The monoisotopic (exact) mass is 325 g/mol. The molecule has 2 heterocycles. The summed E-state index contributed by atoms with van der Waals surface area (Å²) in [5, 5.41) is 4.69. The molecule has 1 N–H and O–H groups in total. The molecule has 2 aromatic carbocycles. The standard InChI is InChI=1S/C22H19N3/c1-16-7-6-9-18(15-16)22(20-11-4-5-14-23-20)25-21-13-12-17-8-2-3-10-19(17)24-21/h2-15,22H,1H3,(H,24,25). The Labute approximate surface area is 147 Å². The minimum atomic E-state index is -0.0465. The predicted molar refractivity (Wildman–Crippen MR) is 103 cm³/mol. The molecule has 0 saturated heterocycles. The van der Waals surface area contributed by atoms with Crippen LogP contribution in [0.4, 0.5) is 5.82 Å². The van der Waals surface area contributed by atoms with Gasteiger partial charge in [0.25, 0.3) is 0 Å². The molecule has 0 fully saturated rings. The molecular weight excluding hydrogens is 306 g/mol. The quantitative estimate of drug-likeness (QED) is 0.564. The Hall–Kier alpha value is -3.20. The lowest BCUT2D eigenvalue weighted by Gasteiger charge is -2.20. The number of nitrogens with zero attached hydrogens (tertiary/aromatic N) is 2. The molecule has 0 saturated carbocycles. The first-order valence-corrected chi connectivity index (χ1v) is 8.39. The lowest BCUT2D eigenvalue weighted by Crippen LogP contribution is -2.14. The van der Waals surface area contributed by atoms with Crippen LogP contribution in [-0.2, 0) is 0 Å². The number of hydrogen-bond donors (Lipinski definition) is 1. The van der Waals surface area contributed by atoms with E-state index in [0.29, 0.717) is 0 Å². The number of para-hydroxylation sites is 1. The van der Waals surface area contributed by atoms with Gasteiger partial charge >= 0.3 is 0 Å². The van der Waals surface area contributed by atoms with Crippen LogP contribution >= 0.6 is 0 Å². The van der Waals surface area contributed by atoms with Crippen molar-refractivity contribution in [2.45, 2.75) is 13.0 Å². The molecule has 0 aliphatic rings. The maximum absolute atomic E-state index is 4.75. The van der Waals surface area contributed by atoms with E-state index in [4.69, 9.17) is 4.98 Å². The van der Waals surface area contributed by atoms with Gasteiger partial charge < -0.3 is 5.32 Å². The third kappa shape index (κ3) is 3.36. The largest absolute Gasteiger partial charge is 0.358 e. The van der Waals surface area contributed by atoms with E-state index in [2.05, 4.69) is 53.6 Å². The molecule has 0 radical (unpaired) electrons. The third-order valence-electron chi connectivity index (χ3n) is 4.25. The lowest BCUT2D eigenvalue weighted by molar-refractivity contribution is 0.878. The summed E-state index contributed by atoms with van der Waals surface area (Å²) in [6.45, 7) is 2.10. The van der Waals surface area contributed by atoms with Crippen molar-refractivity contribution in [3.63, 3.8) is 0 Å². The fourth-order valence-corrected chi connectivity index (χ4v) is 3.02. The molecule has 1 unspecified atom stereocenters. The van der Waals surface area contributed by atoms with Crippen LogP contribution in [0.25, 0.3) is 10.9 Å². The molecule has 2 aromatic heterocycles. The Bertz CT molecular complexity index is 996. The van der Waals surface area contributed by atoms with Crippen molar-refractivity contribution in [2.75, 3.05) is 5.32 Å². The molecule has 25 heavy (non-hydrogen) atoms. The average molecular weight is 325 g/mol. The van der Waals surface area contributed by atoms with Gasteiger partial charge in [0.15, 0.2) is 0 Å². The van der Waals surface area contributed by atoms with Crippen LogP contribution in [0.5, 0.6) is 0 Å². The third-order valence-corrected chi connectivity index (χ3v) is 4.25.